The number of amides is 1. The van der Waals surface area contributed by atoms with Crippen LogP contribution in [0.25, 0.3) is 16.6 Å². The van der Waals surface area contributed by atoms with Crippen molar-refractivity contribution in [3.05, 3.63) is 53.9 Å². The molecule has 1 aromatic carbocycles. The highest BCUT2D eigenvalue weighted by Crippen LogP contribution is 2.18. The Balaban J connectivity index is 1.57. The molecule has 0 spiro atoms. The smallest absolute Gasteiger partial charge is 0.235 e. The summed E-state index contributed by atoms with van der Waals surface area (Å²) in [6, 6.07) is 11.3. The molecule has 0 fully saturated rings. The van der Waals surface area contributed by atoms with Crippen LogP contribution in [-0.4, -0.2) is 25.7 Å². The molecule has 7 heteroatoms. The Morgan fingerprint density at radius 1 is 1.26 bits per heavy atom. The van der Waals surface area contributed by atoms with E-state index in [1.54, 1.807) is 4.40 Å². The number of aryl methyl sites for hydroxylation is 1. The van der Waals surface area contributed by atoms with E-state index in [2.05, 4.69) is 20.7 Å². The van der Waals surface area contributed by atoms with Gasteiger partial charge in [-0.1, -0.05) is 17.3 Å². The van der Waals surface area contributed by atoms with Gasteiger partial charge < -0.3 is 4.52 Å². The Labute approximate surface area is 130 Å². The van der Waals surface area contributed by atoms with Gasteiger partial charge in [0.25, 0.3) is 0 Å². The standard InChI is InChI=1S/C16H13N5O2/c1-10-6-7-21-14(8-10)18-19-16(21)17-15(22)9-12-11-4-2-3-5-13(11)23-20-12/h2-8H,9H2,1H3,(H,17,19,22). The van der Waals surface area contributed by atoms with E-state index in [4.69, 9.17) is 4.52 Å². The van der Waals surface area contributed by atoms with E-state index in [1.165, 1.54) is 0 Å². The summed E-state index contributed by atoms with van der Waals surface area (Å²) in [6.07, 6.45) is 1.93. The number of rotatable bonds is 3. The number of nitrogens with one attached hydrogen (secondary N) is 1. The minimum Gasteiger partial charge on any atom is -0.356 e. The molecule has 3 aromatic heterocycles. The van der Waals surface area contributed by atoms with Crippen LogP contribution in [0.5, 0.6) is 0 Å². The van der Waals surface area contributed by atoms with Crippen molar-refractivity contribution in [1.82, 2.24) is 19.8 Å². The van der Waals surface area contributed by atoms with E-state index in [0.29, 0.717) is 22.9 Å². The Hall–Kier alpha value is -3.22. The van der Waals surface area contributed by atoms with Crippen molar-refractivity contribution in [2.75, 3.05) is 5.32 Å². The molecule has 0 aliphatic rings. The van der Waals surface area contributed by atoms with Gasteiger partial charge in [0.1, 0.15) is 5.69 Å². The molecular formula is C16H13N5O2. The van der Waals surface area contributed by atoms with Crippen LogP contribution in [0.3, 0.4) is 0 Å². The minimum absolute atomic E-state index is 0.109. The number of aromatic nitrogens is 4. The quantitative estimate of drug-likeness (QED) is 0.628. The van der Waals surface area contributed by atoms with Gasteiger partial charge >= 0.3 is 0 Å². The Morgan fingerprint density at radius 2 is 2.13 bits per heavy atom. The molecule has 3 heterocycles. The number of anilines is 1. The van der Waals surface area contributed by atoms with Gasteiger partial charge in [-0.05, 0) is 36.8 Å². The third-order valence-corrected chi connectivity index (χ3v) is 3.60. The molecule has 4 aromatic rings. The Morgan fingerprint density at radius 3 is 3.04 bits per heavy atom. The molecule has 0 bridgehead atoms. The zero-order valence-electron chi connectivity index (χ0n) is 12.4. The van der Waals surface area contributed by atoms with Crippen molar-refractivity contribution in [3.63, 3.8) is 0 Å². The molecule has 0 atom stereocenters. The fraction of sp³-hybridized carbons (Fsp3) is 0.125. The van der Waals surface area contributed by atoms with Crippen molar-refractivity contribution in [2.45, 2.75) is 13.3 Å². The van der Waals surface area contributed by atoms with Crippen LogP contribution < -0.4 is 5.32 Å². The molecule has 114 valence electrons. The Kier molecular flexibility index (Phi) is 3.04. The topological polar surface area (TPSA) is 85.3 Å². The number of hydrogen-bond acceptors (Lipinski definition) is 5. The summed E-state index contributed by atoms with van der Waals surface area (Å²) >= 11 is 0. The first-order chi connectivity index (χ1) is 11.2. The molecule has 7 nitrogen and oxygen atoms in total. The van der Waals surface area contributed by atoms with Crippen LogP contribution in [0.15, 0.2) is 47.1 Å². The molecule has 0 aliphatic carbocycles. The highest BCUT2D eigenvalue weighted by molar-refractivity contribution is 5.93. The number of pyridine rings is 1. The summed E-state index contributed by atoms with van der Waals surface area (Å²) in [5.74, 6) is 0.164. The van der Waals surface area contributed by atoms with Gasteiger partial charge in [-0.15, -0.1) is 10.2 Å². The molecule has 0 unspecified atom stereocenters. The van der Waals surface area contributed by atoms with E-state index in [9.17, 15) is 4.79 Å². The number of hydrogen-bond donors (Lipinski definition) is 1. The van der Waals surface area contributed by atoms with E-state index >= 15 is 0 Å². The Bertz CT molecular complexity index is 1020. The molecule has 0 saturated carbocycles. The van der Waals surface area contributed by atoms with Crippen LogP contribution in [0, 0.1) is 6.92 Å². The number of carbonyl (C=O) groups excluding carboxylic acids is 1. The van der Waals surface area contributed by atoms with E-state index in [1.807, 2.05) is 49.5 Å². The lowest BCUT2D eigenvalue weighted by Gasteiger charge is -2.02. The number of carbonyl (C=O) groups is 1. The van der Waals surface area contributed by atoms with Crippen LogP contribution in [-0.2, 0) is 11.2 Å². The van der Waals surface area contributed by atoms with Crippen LogP contribution in [0.1, 0.15) is 11.3 Å². The lowest BCUT2D eigenvalue weighted by Crippen LogP contribution is -2.16. The summed E-state index contributed by atoms with van der Waals surface area (Å²) in [5.41, 5.74) is 3.03. The first kappa shape index (κ1) is 13.4. The lowest BCUT2D eigenvalue weighted by atomic mass is 10.2. The summed E-state index contributed by atoms with van der Waals surface area (Å²) in [4.78, 5) is 12.3. The fourth-order valence-electron chi connectivity index (χ4n) is 2.46. The second kappa shape index (κ2) is 5.20. The highest BCUT2D eigenvalue weighted by atomic mass is 16.5. The number of para-hydroxylation sites is 1. The van der Waals surface area contributed by atoms with Gasteiger partial charge in [0, 0.05) is 11.6 Å². The zero-order chi connectivity index (χ0) is 15.8. The maximum atomic E-state index is 12.3. The molecule has 1 amide bonds. The minimum atomic E-state index is -0.223. The van der Waals surface area contributed by atoms with Crippen LogP contribution >= 0.6 is 0 Å². The monoisotopic (exact) mass is 307 g/mol. The summed E-state index contributed by atoms with van der Waals surface area (Å²) in [7, 11) is 0. The van der Waals surface area contributed by atoms with E-state index in [-0.39, 0.29) is 12.3 Å². The largest absolute Gasteiger partial charge is 0.356 e. The SMILES string of the molecule is Cc1ccn2c(NC(=O)Cc3noc4ccccc34)nnc2c1. The maximum absolute atomic E-state index is 12.3. The van der Waals surface area contributed by atoms with Crippen molar-refractivity contribution >= 4 is 28.5 Å². The second-order valence-electron chi connectivity index (χ2n) is 5.31. The van der Waals surface area contributed by atoms with Crippen LogP contribution in [0.4, 0.5) is 5.95 Å². The summed E-state index contributed by atoms with van der Waals surface area (Å²) in [6.45, 7) is 1.97. The second-order valence-corrected chi connectivity index (χ2v) is 5.31. The van der Waals surface area contributed by atoms with Crippen molar-refractivity contribution in [2.24, 2.45) is 0 Å². The van der Waals surface area contributed by atoms with Crippen molar-refractivity contribution in [3.8, 4) is 0 Å². The van der Waals surface area contributed by atoms with Gasteiger partial charge in [0.05, 0.1) is 6.42 Å². The number of fused-ring (bicyclic) bond motifs is 2. The lowest BCUT2D eigenvalue weighted by molar-refractivity contribution is -0.115. The third kappa shape index (κ3) is 2.42. The maximum Gasteiger partial charge on any atom is 0.235 e. The molecular weight excluding hydrogens is 294 g/mol. The van der Waals surface area contributed by atoms with Gasteiger partial charge in [0.15, 0.2) is 11.2 Å². The molecule has 23 heavy (non-hydrogen) atoms. The van der Waals surface area contributed by atoms with Gasteiger partial charge in [0.2, 0.25) is 11.9 Å². The molecule has 0 aliphatic heterocycles. The van der Waals surface area contributed by atoms with Gasteiger partial charge in [-0.2, -0.15) is 0 Å². The molecule has 4 rings (SSSR count). The van der Waals surface area contributed by atoms with E-state index < -0.39 is 0 Å². The molecule has 0 radical (unpaired) electrons. The average Bonchev–Trinajstić information content (AvgIpc) is 3.12. The van der Waals surface area contributed by atoms with Crippen molar-refractivity contribution < 1.29 is 9.32 Å². The summed E-state index contributed by atoms with van der Waals surface area (Å²) < 4.78 is 6.93. The van der Waals surface area contributed by atoms with Gasteiger partial charge in [-0.25, -0.2) is 0 Å². The molecule has 1 N–H and O–H groups in total. The van der Waals surface area contributed by atoms with Crippen molar-refractivity contribution in [1.29, 1.82) is 0 Å². The highest BCUT2D eigenvalue weighted by Gasteiger charge is 2.14. The first-order valence-corrected chi connectivity index (χ1v) is 7.15. The fourth-order valence-corrected chi connectivity index (χ4v) is 2.46. The zero-order valence-corrected chi connectivity index (χ0v) is 12.4. The normalized spacial score (nSPS) is 11.2. The third-order valence-electron chi connectivity index (χ3n) is 3.60. The number of nitrogens with zero attached hydrogens (tertiary/aromatic N) is 4. The first-order valence-electron chi connectivity index (χ1n) is 7.15. The van der Waals surface area contributed by atoms with E-state index in [0.717, 1.165) is 10.9 Å². The predicted octanol–water partition coefficient (Wildman–Crippen LogP) is 2.36. The van der Waals surface area contributed by atoms with Crippen LogP contribution in [0.2, 0.25) is 0 Å². The van der Waals surface area contributed by atoms with Gasteiger partial charge in [-0.3, -0.25) is 14.5 Å². The predicted molar refractivity (Wildman–Crippen MR) is 84.1 cm³/mol. The molecule has 0 saturated heterocycles. The summed E-state index contributed by atoms with van der Waals surface area (Å²) in [5, 5.41) is 15.6. The average molecular weight is 307 g/mol. The number of benzene rings is 1.